The minimum Gasteiger partial charge on any atom is -0.338 e. The molecule has 0 spiro atoms. The van der Waals surface area contributed by atoms with Crippen LogP contribution in [0.5, 0.6) is 0 Å². The lowest BCUT2D eigenvalue weighted by Gasteiger charge is -2.17. The second kappa shape index (κ2) is 8.20. The summed E-state index contributed by atoms with van der Waals surface area (Å²) >= 11 is 0. The van der Waals surface area contributed by atoms with Gasteiger partial charge in [-0.25, -0.2) is 8.42 Å². The van der Waals surface area contributed by atoms with Crippen molar-refractivity contribution in [3.63, 3.8) is 0 Å². The molecule has 1 aliphatic rings. The number of amides is 1. The first kappa shape index (κ1) is 20.4. The summed E-state index contributed by atoms with van der Waals surface area (Å²) in [5.74, 6) is 0.250. The molecular weight excluding hydrogens is 372 g/mol. The topological polar surface area (TPSA) is 80.5 Å². The summed E-state index contributed by atoms with van der Waals surface area (Å²) in [6, 6.07) is 16.3. The predicted octanol–water partition coefficient (Wildman–Crippen LogP) is 2.33. The van der Waals surface area contributed by atoms with Gasteiger partial charge in [0.15, 0.2) is 9.84 Å². The fourth-order valence-electron chi connectivity index (χ4n) is 3.40. The van der Waals surface area contributed by atoms with Gasteiger partial charge in [0.25, 0.3) is 5.91 Å². The second-order valence-corrected chi connectivity index (χ2v) is 8.54. The molecule has 1 fully saturated rings. The van der Waals surface area contributed by atoms with E-state index in [-0.39, 0.29) is 35.0 Å². The fraction of sp³-hybridized carbons (Fsp3) is 0.316. The van der Waals surface area contributed by atoms with Gasteiger partial charge in [-0.15, -0.1) is 12.4 Å². The molecule has 1 amide bonds. The second-order valence-electron chi connectivity index (χ2n) is 6.52. The van der Waals surface area contributed by atoms with E-state index >= 15 is 0 Å². The molecule has 0 aromatic heterocycles. The molecule has 2 aromatic carbocycles. The van der Waals surface area contributed by atoms with E-state index in [4.69, 9.17) is 5.73 Å². The molecule has 26 heavy (non-hydrogen) atoms. The van der Waals surface area contributed by atoms with Gasteiger partial charge in [-0.3, -0.25) is 4.79 Å². The zero-order valence-electron chi connectivity index (χ0n) is 14.5. The molecule has 3 rings (SSSR count). The minimum atomic E-state index is -3.34. The van der Waals surface area contributed by atoms with Crippen LogP contribution in [0.15, 0.2) is 59.5 Å². The molecule has 2 atom stereocenters. The molecule has 5 nitrogen and oxygen atoms in total. The van der Waals surface area contributed by atoms with E-state index < -0.39 is 9.84 Å². The quantitative estimate of drug-likeness (QED) is 0.862. The maximum Gasteiger partial charge on any atom is 0.253 e. The Morgan fingerprint density at radius 2 is 1.81 bits per heavy atom. The Kier molecular flexibility index (Phi) is 6.44. The zero-order chi connectivity index (χ0) is 18.0. The largest absolute Gasteiger partial charge is 0.338 e. The first-order valence-electron chi connectivity index (χ1n) is 8.24. The van der Waals surface area contributed by atoms with Crippen molar-refractivity contribution in [2.24, 2.45) is 11.7 Å². The third-order valence-electron chi connectivity index (χ3n) is 4.77. The van der Waals surface area contributed by atoms with Crippen LogP contribution >= 0.6 is 12.4 Å². The minimum absolute atomic E-state index is 0. The third kappa shape index (κ3) is 4.26. The highest BCUT2D eigenvalue weighted by atomic mass is 35.5. The van der Waals surface area contributed by atoms with Crippen molar-refractivity contribution in [2.75, 3.05) is 25.9 Å². The van der Waals surface area contributed by atoms with Crippen molar-refractivity contribution < 1.29 is 13.2 Å². The SMILES string of the molecule is CS(=O)(=O)c1cccc(C(=O)N2C[C@@H](CN)[C@H](c3ccccc3)C2)c1.Cl. The maximum absolute atomic E-state index is 12.9. The lowest BCUT2D eigenvalue weighted by molar-refractivity contribution is 0.0786. The lowest BCUT2D eigenvalue weighted by Crippen LogP contribution is -2.30. The van der Waals surface area contributed by atoms with E-state index in [1.165, 1.54) is 17.7 Å². The number of hydrogen-bond donors (Lipinski definition) is 1. The molecule has 0 bridgehead atoms. The van der Waals surface area contributed by atoms with Gasteiger partial charge >= 0.3 is 0 Å². The predicted molar refractivity (Wildman–Crippen MR) is 104 cm³/mol. The molecular formula is C19H23ClN2O3S. The van der Waals surface area contributed by atoms with Gasteiger partial charge in [0, 0.05) is 30.8 Å². The number of rotatable bonds is 4. The monoisotopic (exact) mass is 394 g/mol. The zero-order valence-corrected chi connectivity index (χ0v) is 16.2. The number of hydrogen-bond acceptors (Lipinski definition) is 4. The number of benzene rings is 2. The molecule has 1 aliphatic heterocycles. The number of sulfone groups is 1. The molecule has 2 aromatic rings. The van der Waals surface area contributed by atoms with Gasteiger partial charge < -0.3 is 10.6 Å². The average molecular weight is 395 g/mol. The van der Waals surface area contributed by atoms with Crippen LogP contribution in [0.1, 0.15) is 21.8 Å². The summed E-state index contributed by atoms with van der Waals surface area (Å²) in [5, 5.41) is 0. The van der Waals surface area contributed by atoms with E-state index in [2.05, 4.69) is 12.1 Å². The van der Waals surface area contributed by atoms with E-state index in [0.717, 1.165) is 6.26 Å². The van der Waals surface area contributed by atoms with Crippen LogP contribution in [0.3, 0.4) is 0 Å². The summed E-state index contributed by atoms with van der Waals surface area (Å²) < 4.78 is 23.4. The highest BCUT2D eigenvalue weighted by Crippen LogP contribution is 2.32. The van der Waals surface area contributed by atoms with Crippen molar-refractivity contribution in [3.8, 4) is 0 Å². The molecule has 0 unspecified atom stereocenters. The number of carbonyl (C=O) groups is 1. The molecule has 1 saturated heterocycles. The molecule has 0 saturated carbocycles. The summed E-state index contributed by atoms with van der Waals surface area (Å²) in [4.78, 5) is 14.8. The summed E-state index contributed by atoms with van der Waals surface area (Å²) in [7, 11) is -3.34. The van der Waals surface area contributed by atoms with E-state index in [0.29, 0.717) is 25.2 Å². The molecule has 0 aliphatic carbocycles. The summed E-state index contributed by atoms with van der Waals surface area (Å²) in [6.45, 7) is 1.68. The Morgan fingerprint density at radius 3 is 2.42 bits per heavy atom. The van der Waals surface area contributed by atoms with Crippen molar-refractivity contribution in [1.29, 1.82) is 0 Å². The van der Waals surface area contributed by atoms with Gasteiger partial charge in [-0.2, -0.15) is 0 Å². The van der Waals surface area contributed by atoms with Gasteiger partial charge in [-0.1, -0.05) is 36.4 Å². The Labute approximate surface area is 160 Å². The van der Waals surface area contributed by atoms with Crippen LogP contribution in [-0.2, 0) is 9.84 Å². The number of likely N-dealkylation sites (tertiary alicyclic amines) is 1. The van der Waals surface area contributed by atoms with Crippen LogP contribution in [0.2, 0.25) is 0 Å². The Morgan fingerprint density at radius 1 is 1.12 bits per heavy atom. The first-order chi connectivity index (χ1) is 11.9. The van der Waals surface area contributed by atoms with Gasteiger partial charge in [0.2, 0.25) is 0 Å². The van der Waals surface area contributed by atoms with Crippen LogP contribution in [-0.4, -0.2) is 45.1 Å². The van der Waals surface area contributed by atoms with Gasteiger partial charge in [-0.05, 0) is 36.2 Å². The number of nitrogens with two attached hydrogens (primary N) is 1. The van der Waals surface area contributed by atoms with Crippen molar-refractivity contribution >= 4 is 28.2 Å². The molecule has 2 N–H and O–H groups in total. The van der Waals surface area contributed by atoms with Crippen LogP contribution < -0.4 is 5.73 Å². The highest BCUT2D eigenvalue weighted by Gasteiger charge is 2.35. The average Bonchev–Trinajstić information content (AvgIpc) is 3.05. The Hall–Kier alpha value is -1.89. The molecule has 7 heteroatoms. The maximum atomic E-state index is 12.9. The highest BCUT2D eigenvalue weighted by molar-refractivity contribution is 7.90. The van der Waals surface area contributed by atoms with Crippen molar-refractivity contribution in [1.82, 2.24) is 4.90 Å². The first-order valence-corrected chi connectivity index (χ1v) is 10.1. The molecule has 140 valence electrons. The number of carbonyl (C=O) groups excluding carboxylic acids is 1. The molecule has 0 radical (unpaired) electrons. The smallest absolute Gasteiger partial charge is 0.253 e. The summed E-state index contributed by atoms with van der Waals surface area (Å²) in [6.07, 6.45) is 1.14. The number of nitrogens with zero attached hydrogens (tertiary/aromatic N) is 1. The van der Waals surface area contributed by atoms with Gasteiger partial charge in [0.05, 0.1) is 4.90 Å². The van der Waals surface area contributed by atoms with E-state index in [9.17, 15) is 13.2 Å². The van der Waals surface area contributed by atoms with E-state index in [1.807, 2.05) is 18.2 Å². The number of halogens is 1. The Bertz CT molecular complexity index is 871. The summed E-state index contributed by atoms with van der Waals surface area (Å²) in [5.41, 5.74) is 7.50. The lowest BCUT2D eigenvalue weighted by atomic mass is 9.89. The standard InChI is InChI=1S/C19H22N2O3S.ClH/c1-25(23,24)17-9-5-8-15(10-17)19(22)21-12-16(11-20)18(13-21)14-6-3-2-4-7-14;/h2-10,16,18H,11-13,20H2,1H3;1H/t16-,18+;/m1./s1. The third-order valence-corrected chi connectivity index (χ3v) is 5.88. The van der Waals surface area contributed by atoms with Crippen LogP contribution in [0.4, 0.5) is 0 Å². The van der Waals surface area contributed by atoms with Crippen molar-refractivity contribution in [2.45, 2.75) is 10.8 Å². The van der Waals surface area contributed by atoms with Crippen LogP contribution in [0.25, 0.3) is 0 Å². The fourth-order valence-corrected chi connectivity index (χ4v) is 4.06. The van der Waals surface area contributed by atoms with Crippen molar-refractivity contribution in [3.05, 3.63) is 65.7 Å². The Balaban J connectivity index is 0.00000243. The van der Waals surface area contributed by atoms with Crippen LogP contribution in [0, 0.1) is 5.92 Å². The molecule has 1 heterocycles. The van der Waals surface area contributed by atoms with Gasteiger partial charge in [0.1, 0.15) is 0 Å². The van der Waals surface area contributed by atoms with E-state index in [1.54, 1.807) is 17.0 Å². The normalized spacial score (nSPS) is 19.8.